The van der Waals surface area contributed by atoms with Gasteiger partial charge >= 0.3 is 11.4 Å². The Bertz CT molecular complexity index is 971. The van der Waals surface area contributed by atoms with Gasteiger partial charge in [-0.15, -0.1) is 0 Å². The van der Waals surface area contributed by atoms with Crippen LogP contribution >= 0.6 is 77.9 Å². The van der Waals surface area contributed by atoms with E-state index >= 15 is 0 Å². The second-order valence-corrected chi connectivity index (χ2v) is 20.7. The Kier molecular flexibility index (Phi) is 28.7. The molecular weight excluding hydrogens is 829 g/mol. The van der Waals surface area contributed by atoms with E-state index in [4.69, 9.17) is 49.1 Å². The van der Waals surface area contributed by atoms with E-state index in [1.54, 1.807) is 26.0 Å². The van der Waals surface area contributed by atoms with Crippen LogP contribution in [-0.4, -0.2) is 70.1 Å². The normalized spacial score (nSPS) is 10.5. The van der Waals surface area contributed by atoms with Crippen LogP contribution in [0.25, 0.3) is 0 Å². The molecule has 0 unspecified atom stereocenters. The number of ether oxygens (including phenoxy) is 4. The summed E-state index contributed by atoms with van der Waals surface area (Å²) in [4.78, 5) is 22.3. The molecule has 0 fully saturated rings. The minimum absolute atomic E-state index is 0.0278. The molecule has 244 valence electrons. The molecule has 0 saturated heterocycles. The van der Waals surface area contributed by atoms with E-state index in [-0.39, 0.29) is 10.5 Å². The van der Waals surface area contributed by atoms with Crippen LogP contribution in [0.2, 0.25) is 0 Å². The molecule has 2 rings (SSSR count). The lowest BCUT2D eigenvalue weighted by molar-refractivity contribution is -0.111. The minimum Gasteiger partial charge on any atom is -0.491 e. The predicted octanol–water partition coefficient (Wildman–Crippen LogP) is 10.1. The maximum absolute atomic E-state index is 12.0. The number of carbonyl (C=O) groups is 2. The molecule has 0 saturated carbocycles. The number of carbonyl (C=O) groups excluding carboxylic acids is 2. The summed E-state index contributed by atoms with van der Waals surface area (Å²) < 4.78 is 20.6. The molecule has 6 nitrogen and oxygen atoms in total. The summed E-state index contributed by atoms with van der Waals surface area (Å²) in [6.07, 6.45) is 2.07. The fraction of sp³-hybridized carbons (Fsp3) is 0.533. The number of para-hydroxylation sites is 1. The van der Waals surface area contributed by atoms with Gasteiger partial charge in [-0.05, 0) is 92.9 Å². The van der Waals surface area contributed by atoms with Crippen molar-refractivity contribution in [1.29, 1.82) is 0 Å². The van der Waals surface area contributed by atoms with E-state index < -0.39 is 20.0 Å². The number of hydrogen-bond acceptors (Lipinski definition) is 6. The Morgan fingerprint density at radius 2 is 1.05 bits per heavy atom. The van der Waals surface area contributed by atoms with E-state index in [9.17, 15) is 9.59 Å². The summed E-state index contributed by atoms with van der Waals surface area (Å²) >= 11 is 7.60. The van der Waals surface area contributed by atoms with Crippen LogP contribution in [0.5, 0.6) is 11.5 Å². The fourth-order valence-corrected chi connectivity index (χ4v) is 2.72. The van der Waals surface area contributed by atoms with Crippen molar-refractivity contribution in [2.45, 2.75) is 63.0 Å². The topological polar surface area (TPSA) is 71.1 Å². The molecular formula is C30H43AlBr3Cl3O6. The smallest absolute Gasteiger partial charge is 0.491 e. The van der Waals surface area contributed by atoms with Crippen LogP contribution in [0.4, 0.5) is 0 Å². The third kappa shape index (κ3) is 29.3. The molecule has 0 aliphatic rings. The molecule has 0 bridgehead atoms. The highest BCUT2D eigenvalue weighted by molar-refractivity contribution is 9.20. The lowest BCUT2D eigenvalue weighted by Gasteiger charge is -2.14. The van der Waals surface area contributed by atoms with Gasteiger partial charge < -0.3 is 18.9 Å². The number of rotatable bonds is 15. The van der Waals surface area contributed by atoms with Crippen LogP contribution in [-0.2, 0) is 14.3 Å². The zero-order valence-corrected chi connectivity index (χ0v) is 33.8. The summed E-state index contributed by atoms with van der Waals surface area (Å²) in [6.45, 7) is 15.4. The van der Waals surface area contributed by atoms with Crippen molar-refractivity contribution in [2.75, 3.05) is 39.6 Å². The third-order valence-corrected chi connectivity index (χ3v) is 6.80. The van der Waals surface area contributed by atoms with Crippen LogP contribution < -0.4 is 9.47 Å². The van der Waals surface area contributed by atoms with Crippen molar-refractivity contribution >= 4 is 99.8 Å². The standard InChI is InChI=1S/C15H21BrO3.C11H16O2.C4H6Br2O.Al.3ClH/c1-4-9-18-10-11-19-13-7-5-12(6-8-13)14(17)15(2,3)16;1-2-8-12-9-10-13-11-6-4-3-5-7-11;1-4(2,6)3(5)7;;;;/h5-8H,4,9-11H2,1-3H3;3-7H,2,8-10H2,1H3;1-2H3;;3*1H/q;;;+3;;;/p-3. The zero-order valence-electron chi connectivity index (χ0n) is 25.6. The molecule has 0 aliphatic carbocycles. The zero-order chi connectivity index (χ0) is 33.3. The summed E-state index contributed by atoms with van der Waals surface area (Å²) in [7, 11) is 14.8. The molecule has 0 N–H and O–H groups in total. The van der Waals surface area contributed by atoms with Crippen LogP contribution in [0.1, 0.15) is 64.7 Å². The lowest BCUT2D eigenvalue weighted by Crippen LogP contribution is -2.23. The van der Waals surface area contributed by atoms with E-state index in [0.717, 1.165) is 37.6 Å². The first kappa shape index (κ1) is 45.3. The van der Waals surface area contributed by atoms with E-state index in [1.807, 2.05) is 56.3 Å². The molecule has 0 aromatic heterocycles. The molecule has 2 aromatic rings. The molecule has 0 atom stereocenters. The third-order valence-electron chi connectivity index (χ3n) is 4.56. The second-order valence-electron chi connectivity index (χ2n) is 9.55. The van der Waals surface area contributed by atoms with Gasteiger partial charge in [0, 0.05) is 18.8 Å². The highest BCUT2D eigenvalue weighted by Gasteiger charge is 2.24. The van der Waals surface area contributed by atoms with Gasteiger partial charge in [0.1, 0.15) is 24.7 Å². The number of alkyl halides is 2. The summed E-state index contributed by atoms with van der Waals surface area (Å²) in [6, 6.07) is 17.0. The molecule has 13 heteroatoms. The molecule has 0 amide bonds. The maximum atomic E-state index is 12.0. The SMILES string of the molecule is CC(C)(Br)C(=O)Br.CCCOCCOc1ccc(C(=O)C(C)(C)Br)cc1.CCCOCCOc1ccccc1.[Cl][Al]([Cl])[Cl]. The highest BCUT2D eigenvalue weighted by Crippen LogP contribution is 2.23. The maximum Gasteiger partial charge on any atom is 0.643 e. The van der Waals surface area contributed by atoms with Crippen molar-refractivity contribution in [3.05, 3.63) is 60.2 Å². The Morgan fingerprint density at radius 1 is 0.674 bits per heavy atom. The lowest BCUT2D eigenvalue weighted by atomic mass is 10.0. The second kappa shape index (κ2) is 27.3. The van der Waals surface area contributed by atoms with E-state index in [2.05, 4.69) is 61.6 Å². The van der Waals surface area contributed by atoms with Crippen LogP contribution in [0.15, 0.2) is 54.6 Å². The monoisotopic (exact) mass is 868 g/mol. The Morgan fingerprint density at radius 3 is 1.37 bits per heavy atom. The van der Waals surface area contributed by atoms with Gasteiger partial charge in [-0.3, -0.25) is 9.59 Å². The average molecular weight is 873 g/mol. The number of halogens is 6. The first-order chi connectivity index (χ1) is 20.1. The average Bonchev–Trinajstić information content (AvgIpc) is 2.93. The van der Waals surface area contributed by atoms with Crippen molar-refractivity contribution < 1.29 is 28.5 Å². The van der Waals surface area contributed by atoms with Gasteiger partial charge in [-0.2, -0.15) is 0 Å². The van der Waals surface area contributed by atoms with Crippen molar-refractivity contribution in [3.8, 4) is 11.5 Å². The quantitative estimate of drug-likeness (QED) is 0.0584. The molecule has 0 heterocycles. The molecule has 0 aliphatic heterocycles. The first-order valence-corrected chi connectivity index (χ1v) is 21.3. The number of ketones is 1. The van der Waals surface area contributed by atoms with Gasteiger partial charge in [0.15, 0.2) is 5.78 Å². The number of benzene rings is 2. The van der Waals surface area contributed by atoms with Crippen LogP contribution in [0, 0.1) is 0 Å². The Labute approximate surface area is 300 Å². The van der Waals surface area contributed by atoms with Crippen LogP contribution in [0.3, 0.4) is 0 Å². The molecule has 0 spiro atoms. The van der Waals surface area contributed by atoms with Gasteiger partial charge in [0.05, 0.1) is 21.9 Å². The van der Waals surface area contributed by atoms with Gasteiger partial charge in [-0.1, -0.05) is 63.9 Å². The van der Waals surface area contributed by atoms with Crippen molar-refractivity contribution in [3.63, 3.8) is 0 Å². The minimum atomic E-state index is -1.72. The van der Waals surface area contributed by atoms with Gasteiger partial charge in [-0.25, -0.2) is 30.1 Å². The van der Waals surface area contributed by atoms with Crippen molar-refractivity contribution in [1.82, 2.24) is 0 Å². The predicted molar refractivity (Wildman–Crippen MR) is 194 cm³/mol. The Hall–Kier alpha value is 0.142. The molecule has 0 radical (unpaired) electrons. The highest BCUT2D eigenvalue weighted by atomic mass is 79.9. The Balaban J connectivity index is 0. The van der Waals surface area contributed by atoms with E-state index in [1.165, 1.54) is 0 Å². The fourth-order valence-electron chi connectivity index (χ4n) is 2.49. The van der Waals surface area contributed by atoms with Gasteiger partial charge in [0.2, 0.25) is 4.69 Å². The summed E-state index contributed by atoms with van der Waals surface area (Å²) in [5, 5.41) is 0. The van der Waals surface area contributed by atoms with Gasteiger partial charge in [0.25, 0.3) is 0 Å². The molecule has 43 heavy (non-hydrogen) atoms. The van der Waals surface area contributed by atoms with E-state index in [0.29, 0.717) is 32.0 Å². The summed E-state index contributed by atoms with van der Waals surface area (Å²) in [5.41, 5.74) is 0.677. The number of Topliss-reactive ketones (excluding diaryl/α,β-unsaturated/α-hetero) is 1. The first-order valence-electron chi connectivity index (χ1n) is 13.7. The summed E-state index contributed by atoms with van der Waals surface area (Å²) in [5.74, 6) is 1.72. The largest absolute Gasteiger partial charge is 0.643 e. The molecule has 2 aromatic carbocycles. The van der Waals surface area contributed by atoms with Crippen molar-refractivity contribution in [2.24, 2.45) is 0 Å². The number of hydrogen-bond donors (Lipinski definition) is 0.